The average Bonchev–Trinajstić information content (AvgIpc) is 2.46. The summed E-state index contributed by atoms with van der Waals surface area (Å²) in [5, 5.41) is 9.27. The second-order valence-electron chi connectivity index (χ2n) is 7.92. The molecule has 0 radical (unpaired) electrons. The number of hydrogen-bond acceptors (Lipinski definition) is 1. The van der Waals surface area contributed by atoms with Crippen LogP contribution in [0.15, 0.2) is 34.9 Å². The van der Waals surface area contributed by atoms with Gasteiger partial charge in [-0.1, -0.05) is 48.3 Å². The van der Waals surface area contributed by atoms with Crippen LogP contribution in [0.1, 0.15) is 99.3 Å². The van der Waals surface area contributed by atoms with Gasteiger partial charge in [0.2, 0.25) is 0 Å². The Morgan fingerprint density at radius 3 is 1.92 bits per heavy atom. The Balaban J connectivity index is 3.78. The van der Waals surface area contributed by atoms with Gasteiger partial charge in [-0.15, -0.1) is 0 Å². The molecule has 0 spiro atoms. The largest absolute Gasteiger partial charge is 0.393 e. The van der Waals surface area contributed by atoms with E-state index < -0.39 is 0 Å². The SMILES string of the molecule is CC(C)=CCCC(C)=CCCC(C)CCCC(C)=CCCC(C)O. The molecule has 0 heterocycles. The van der Waals surface area contributed by atoms with Gasteiger partial charge in [-0.25, -0.2) is 0 Å². The number of aliphatic hydroxyl groups excluding tert-OH is 1. The van der Waals surface area contributed by atoms with Crippen molar-refractivity contribution >= 4 is 0 Å². The quantitative estimate of drug-likeness (QED) is 0.348. The Bertz CT molecular complexity index is 394. The highest BCUT2D eigenvalue weighted by atomic mass is 16.3. The molecule has 0 aromatic carbocycles. The van der Waals surface area contributed by atoms with Gasteiger partial charge < -0.3 is 5.11 Å². The van der Waals surface area contributed by atoms with Crippen LogP contribution < -0.4 is 0 Å². The van der Waals surface area contributed by atoms with Crippen molar-refractivity contribution in [3.8, 4) is 0 Å². The van der Waals surface area contributed by atoms with Crippen LogP contribution in [0.5, 0.6) is 0 Å². The zero-order valence-corrected chi connectivity index (χ0v) is 17.2. The van der Waals surface area contributed by atoms with Gasteiger partial charge in [-0.2, -0.15) is 0 Å². The fourth-order valence-corrected chi connectivity index (χ4v) is 2.85. The van der Waals surface area contributed by atoms with E-state index >= 15 is 0 Å². The first-order chi connectivity index (χ1) is 11.3. The number of aliphatic hydroxyl groups is 1. The summed E-state index contributed by atoms with van der Waals surface area (Å²) >= 11 is 0. The summed E-state index contributed by atoms with van der Waals surface area (Å²) < 4.78 is 0. The molecule has 0 bridgehead atoms. The van der Waals surface area contributed by atoms with Crippen LogP contribution in [0.3, 0.4) is 0 Å². The lowest BCUT2D eigenvalue weighted by molar-refractivity contribution is 0.186. The highest BCUT2D eigenvalue weighted by Crippen LogP contribution is 2.18. The summed E-state index contributed by atoms with van der Waals surface area (Å²) in [6, 6.07) is 0. The van der Waals surface area contributed by atoms with Crippen molar-refractivity contribution < 1.29 is 5.11 Å². The highest BCUT2D eigenvalue weighted by molar-refractivity contribution is 5.02. The van der Waals surface area contributed by atoms with Crippen LogP contribution in [-0.2, 0) is 0 Å². The molecule has 1 heteroatoms. The maximum Gasteiger partial charge on any atom is 0.0515 e. The zero-order valence-electron chi connectivity index (χ0n) is 17.2. The Morgan fingerprint density at radius 1 is 0.750 bits per heavy atom. The molecular formula is C23H42O. The fraction of sp³-hybridized carbons (Fsp3) is 0.739. The van der Waals surface area contributed by atoms with E-state index in [1.54, 1.807) is 0 Å². The maximum atomic E-state index is 9.27. The van der Waals surface area contributed by atoms with Gasteiger partial charge in [0.1, 0.15) is 0 Å². The van der Waals surface area contributed by atoms with Gasteiger partial charge in [-0.3, -0.25) is 0 Å². The molecule has 0 amide bonds. The van der Waals surface area contributed by atoms with Crippen molar-refractivity contribution in [3.63, 3.8) is 0 Å². The topological polar surface area (TPSA) is 20.2 Å². The highest BCUT2D eigenvalue weighted by Gasteiger charge is 2.02. The number of hydrogen-bond donors (Lipinski definition) is 1. The average molecular weight is 335 g/mol. The lowest BCUT2D eigenvalue weighted by Crippen LogP contribution is -1.97. The Hall–Kier alpha value is -0.820. The molecule has 140 valence electrons. The molecule has 0 saturated heterocycles. The summed E-state index contributed by atoms with van der Waals surface area (Å²) in [6.07, 6.45) is 17.5. The van der Waals surface area contributed by atoms with Crippen LogP contribution in [-0.4, -0.2) is 11.2 Å². The van der Waals surface area contributed by atoms with Gasteiger partial charge in [-0.05, 0) is 91.9 Å². The molecule has 0 aromatic heterocycles. The van der Waals surface area contributed by atoms with Crippen molar-refractivity contribution in [3.05, 3.63) is 34.9 Å². The molecule has 0 aliphatic heterocycles. The third kappa shape index (κ3) is 16.1. The monoisotopic (exact) mass is 334 g/mol. The molecule has 2 atom stereocenters. The first kappa shape index (κ1) is 23.2. The van der Waals surface area contributed by atoms with E-state index in [0.717, 1.165) is 18.8 Å². The normalized spacial score (nSPS) is 15.3. The van der Waals surface area contributed by atoms with E-state index in [2.05, 4.69) is 52.8 Å². The predicted octanol–water partition coefficient (Wildman–Crippen LogP) is 7.37. The van der Waals surface area contributed by atoms with Crippen LogP contribution >= 0.6 is 0 Å². The molecular weight excluding hydrogens is 292 g/mol. The van der Waals surface area contributed by atoms with Crippen molar-refractivity contribution in [1.82, 2.24) is 0 Å². The third-order valence-electron chi connectivity index (χ3n) is 4.59. The summed E-state index contributed by atoms with van der Waals surface area (Å²) in [7, 11) is 0. The predicted molar refractivity (Wildman–Crippen MR) is 109 cm³/mol. The molecule has 1 N–H and O–H groups in total. The summed E-state index contributed by atoms with van der Waals surface area (Å²) in [5.41, 5.74) is 4.45. The molecule has 0 aliphatic rings. The fourth-order valence-electron chi connectivity index (χ4n) is 2.85. The van der Waals surface area contributed by atoms with E-state index in [4.69, 9.17) is 0 Å². The van der Waals surface area contributed by atoms with Crippen molar-refractivity contribution in [2.45, 2.75) is 105 Å². The van der Waals surface area contributed by atoms with Gasteiger partial charge in [0, 0.05) is 0 Å². The van der Waals surface area contributed by atoms with Crippen LogP contribution in [0.2, 0.25) is 0 Å². The second kappa shape index (κ2) is 14.5. The standard InChI is InChI=1S/C23H42O/c1-19(2)11-7-12-20(3)13-8-14-21(4)15-9-16-22(5)17-10-18-23(6)24/h11,13,17,21,23-24H,7-10,12,14-16,18H2,1-6H3. The summed E-state index contributed by atoms with van der Waals surface area (Å²) in [5.74, 6) is 0.817. The molecule has 0 rings (SSSR count). The van der Waals surface area contributed by atoms with Gasteiger partial charge >= 0.3 is 0 Å². The van der Waals surface area contributed by atoms with Gasteiger partial charge in [0.15, 0.2) is 0 Å². The third-order valence-corrected chi connectivity index (χ3v) is 4.59. The van der Waals surface area contributed by atoms with Crippen molar-refractivity contribution in [1.29, 1.82) is 0 Å². The summed E-state index contributed by atoms with van der Waals surface area (Å²) in [4.78, 5) is 0. The van der Waals surface area contributed by atoms with E-state index in [1.807, 2.05) is 6.92 Å². The first-order valence-corrected chi connectivity index (χ1v) is 9.94. The van der Waals surface area contributed by atoms with E-state index in [-0.39, 0.29) is 6.10 Å². The number of rotatable bonds is 13. The van der Waals surface area contributed by atoms with Gasteiger partial charge in [0.25, 0.3) is 0 Å². The lowest BCUT2D eigenvalue weighted by atomic mass is 9.96. The Morgan fingerprint density at radius 2 is 1.33 bits per heavy atom. The van der Waals surface area contributed by atoms with Crippen molar-refractivity contribution in [2.24, 2.45) is 5.92 Å². The Labute approximate surface area is 151 Å². The smallest absolute Gasteiger partial charge is 0.0515 e. The molecule has 0 aromatic rings. The molecule has 0 aliphatic carbocycles. The zero-order chi connectivity index (χ0) is 18.4. The Kier molecular flexibility index (Phi) is 14.0. The van der Waals surface area contributed by atoms with E-state index in [1.165, 1.54) is 61.7 Å². The minimum absolute atomic E-state index is 0.174. The van der Waals surface area contributed by atoms with Crippen molar-refractivity contribution in [2.75, 3.05) is 0 Å². The van der Waals surface area contributed by atoms with E-state index in [9.17, 15) is 5.11 Å². The molecule has 0 fully saturated rings. The minimum Gasteiger partial charge on any atom is -0.393 e. The second-order valence-corrected chi connectivity index (χ2v) is 7.92. The van der Waals surface area contributed by atoms with Crippen LogP contribution in [0, 0.1) is 5.92 Å². The lowest BCUT2D eigenvalue weighted by Gasteiger charge is -2.10. The molecule has 0 saturated carbocycles. The molecule has 1 nitrogen and oxygen atoms in total. The number of allylic oxidation sites excluding steroid dienone is 6. The first-order valence-electron chi connectivity index (χ1n) is 9.94. The maximum absolute atomic E-state index is 9.27. The summed E-state index contributed by atoms with van der Waals surface area (Å²) in [6.45, 7) is 13.1. The minimum atomic E-state index is -0.174. The van der Waals surface area contributed by atoms with Gasteiger partial charge in [0.05, 0.1) is 6.10 Å². The molecule has 2 unspecified atom stereocenters. The van der Waals surface area contributed by atoms with Crippen LogP contribution in [0.4, 0.5) is 0 Å². The van der Waals surface area contributed by atoms with Crippen LogP contribution in [0.25, 0.3) is 0 Å². The molecule has 24 heavy (non-hydrogen) atoms. The van der Waals surface area contributed by atoms with E-state index in [0.29, 0.717) is 0 Å².